The van der Waals surface area contributed by atoms with Crippen molar-refractivity contribution in [2.45, 2.75) is 31.7 Å². The molecule has 0 spiro atoms. The monoisotopic (exact) mass is 319 g/mol. The molecule has 110 valence electrons. The fourth-order valence-corrected chi connectivity index (χ4v) is 3.85. The predicted octanol–water partition coefficient (Wildman–Crippen LogP) is 5.19. The van der Waals surface area contributed by atoms with Crippen LogP contribution in [-0.2, 0) is 12.8 Å². The van der Waals surface area contributed by atoms with Gasteiger partial charge in [-0.05, 0) is 60.4 Å². The number of aryl methyl sites for hydroxylation is 1. The van der Waals surface area contributed by atoms with Crippen molar-refractivity contribution in [2.24, 2.45) is 11.7 Å². The standard InChI is InChI=1S/C18H19Cl2N/c19-16-9-4-10-17(20)15(16)11-13-7-3-6-12-5-1-2-8-14(12)18(13)21/h1-2,4-5,8-10,13,18H,3,6-7,11,21H2. The van der Waals surface area contributed by atoms with E-state index >= 15 is 0 Å². The van der Waals surface area contributed by atoms with Crippen LogP contribution in [0.1, 0.15) is 35.6 Å². The van der Waals surface area contributed by atoms with Crippen LogP contribution in [0.25, 0.3) is 0 Å². The summed E-state index contributed by atoms with van der Waals surface area (Å²) in [5, 5.41) is 1.49. The van der Waals surface area contributed by atoms with Crippen LogP contribution in [0.5, 0.6) is 0 Å². The van der Waals surface area contributed by atoms with E-state index in [1.165, 1.54) is 11.1 Å². The zero-order chi connectivity index (χ0) is 14.8. The van der Waals surface area contributed by atoms with Gasteiger partial charge in [0.05, 0.1) is 0 Å². The Balaban J connectivity index is 1.90. The van der Waals surface area contributed by atoms with Gasteiger partial charge in [-0.3, -0.25) is 0 Å². The molecule has 0 aromatic heterocycles. The van der Waals surface area contributed by atoms with Crippen LogP contribution in [-0.4, -0.2) is 0 Å². The quantitative estimate of drug-likeness (QED) is 0.757. The van der Waals surface area contributed by atoms with Crippen LogP contribution in [0, 0.1) is 5.92 Å². The molecule has 0 fully saturated rings. The van der Waals surface area contributed by atoms with Crippen molar-refractivity contribution in [3.63, 3.8) is 0 Å². The second-order valence-electron chi connectivity index (χ2n) is 5.78. The first-order chi connectivity index (χ1) is 10.2. The molecule has 2 aromatic rings. The third-order valence-electron chi connectivity index (χ3n) is 4.47. The molecule has 0 saturated carbocycles. The van der Waals surface area contributed by atoms with E-state index in [1.54, 1.807) is 0 Å². The molecule has 21 heavy (non-hydrogen) atoms. The number of benzene rings is 2. The van der Waals surface area contributed by atoms with E-state index in [-0.39, 0.29) is 6.04 Å². The van der Waals surface area contributed by atoms with Crippen LogP contribution in [0.2, 0.25) is 10.0 Å². The molecule has 2 aromatic carbocycles. The minimum absolute atomic E-state index is 0.0519. The summed E-state index contributed by atoms with van der Waals surface area (Å²) in [5.74, 6) is 0.381. The molecule has 0 bridgehead atoms. The number of nitrogens with two attached hydrogens (primary N) is 1. The Hall–Kier alpha value is -1.02. The van der Waals surface area contributed by atoms with Crippen molar-refractivity contribution in [1.29, 1.82) is 0 Å². The molecule has 1 aliphatic rings. The zero-order valence-electron chi connectivity index (χ0n) is 11.9. The highest BCUT2D eigenvalue weighted by molar-refractivity contribution is 6.35. The number of hydrogen-bond donors (Lipinski definition) is 1. The molecular weight excluding hydrogens is 301 g/mol. The molecule has 2 N–H and O–H groups in total. The zero-order valence-corrected chi connectivity index (χ0v) is 13.4. The topological polar surface area (TPSA) is 26.0 Å². The van der Waals surface area contributed by atoms with Crippen molar-refractivity contribution in [1.82, 2.24) is 0 Å². The van der Waals surface area contributed by atoms with Gasteiger partial charge in [0.2, 0.25) is 0 Å². The highest BCUT2D eigenvalue weighted by Gasteiger charge is 2.26. The predicted molar refractivity (Wildman–Crippen MR) is 90.0 cm³/mol. The van der Waals surface area contributed by atoms with Crippen molar-refractivity contribution in [3.8, 4) is 0 Å². The molecule has 1 aliphatic carbocycles. The molecule has 3 heteroatoms. The summed E-state index contributed by atoms with van der Waals surface area (Å²) in [7, 11) is 0. The van der Waals surface area contributed by atoms with E-state index in [0.717, 1.165) is 41.3 Å². The molecule has 0 aliphatic heterocycles. The summed E-state index contributed by atoms with van der Waals surface area (Å²) < 4.78 is 0. The van der Waals surface area contributed by atoms with E-state index in [9.17, 15) is 0 Å². The molecule has 1 nitrogen and oxygen atoms in total. The van der Waals surface area contributed by atoms with Gasteiger partial charge in [0.15, 0.2) is 0 Å². The van der Waals surface area contributed by atoms with Crippen molar-refractivity contribution in [3.05, 3.63) is 69.2 Å². The molecular formula is C18H19Cl2N. The minimum atomic E-state index is 0.0519. The van der Waals surface area contributed by atoms with E-state index < -0.39 is 0 Å². The maximum absolute atomic E-state index is 6.55. The van der Waals surface area contributed by atoms with Crippen LogP contribution in [0.15, 0.2) is 42.5 Å². The van der Waals surface area contributed by atoms with Crippen LogP contribution in [0.3, 0.4) is 0 Å². The fourth-order valence-electron chi connectivity index (χ4n) is 3.29. The highest BCUT2D eigenvalue weighted by Crippen LogP contribution is 2.36. The third-order valence-corrected chi connectivity index (χ3v) is 5.18. The minimum Gasteiger partial charge on any atom is -0.324 e. The average Bonchev–Trinajstić information content (AvgIpc) is 2.63. The van der Waals surface area contributed by atoms with Crippen LogP contribution < -0.4 is 5.73 Å². The lowest BCUT2D eigenvalue weighted by Crippen LogP contribution is -2.23. The maximum Gasteiger partial charge on any atom is 0.0452 e. The summed E-state index contributed by atoms with van der Waals surface area (Å²) in [6.45, 7) is 0. The Bertz CT molecular complexity index is 619. The summed E-state index contributed by atoms with van der Waals surface area (Å²) in [6.07, 6.45) is 4.22. The van der Waals surface area contributed by atoms with Gasteiger partial charge in [-0.1, -0.05) is 53.5 Å². The van der Waals surface area contributed by atoms with Gasteiger partial charge in [-0.15, -0.1) is 0 Å². The Morgan fingerprint density at radius 3 is 2.48 bits per heavy atom. The Morgan fingerprint density at radius 2 is 1.71 bits per heavy atom. The molecule has 2 unspecified atom stereocenters. The number of fused-ring (bicyclic) bond motifs is 1. The summed E-state index contributed by atoms with van der Waals surface area (Å²) in [6, 6.07) is 14.3. The van der Waals surface area contributed by atoms with Crippen molar-refractivity contribution < 1.29 is 0 Å². The first-order valence-electron chi connectivity index (χ1n) is 7.43. The Labute approximate surface area is 136 Å². The van der Waals surface area contributed by atoms with Gasteiger partial charge < -0.3 is 5.73 Å². The molecule has 0 amide bonds. The summed E-state index contributed by atoms with van der Waals surface area (Å²) in [5.41, 5.74) is 10.2. The van der Waals surface area contributed by atoms with Gasteiger partial charge in [-0.2, -0.15) is 0 Å². The van der Waals surface area contributed by atoms with E-state index in [0.29, 0.717) is 5.92 Å². The van der Waals surface area contributed by atoms with E-state index in [1.807, 2.05) is 18.2 Å². The smallest absolute Gasteiger partial charge is 0.0452 e. The first-order valence-corrected chi connectivity index (χ1v) is 8.18. The largest absolute Gasteiger partial charge is 0.324 e. The summed E-state index contributed by atoms with van der Waals surface area (Å²) in [4.78, 5) is 0. The van der Waals surface area contributed by atoms with Crippen molar-refractivity contribution >= 4 is 23.2 Å². The molecule has 0 heterocycles. The van der Waals surface area contributed by atoms with Crippen LogP contribution in [0.4, 0.5) is 0 Å². The lowest BCUT2D eigenvalue weighted by atomic mass is 9.86. The molecule has 2 atom stereocenters. The lowest BCUT2D eigenvalue weighted by molar-refractivity contribution is 0.402. The second-order valence-corrected chi connectivity index (χ2v) is 6.60. The Morgan fingerprint density at radius 1 is 1.00 bits per heavy atom. The van der Waals surface area contributed by atoms with Gasteiger partial charge in [0.1, 0.15) is 0 Å². The highest BCUT2D eigenvalue weighted by atomic mass is 35.5. The van der Waals surface area contributed by atoms with E-state index in [4.69, 9.17) is 28.9 Å². The first kappa shape index (κ1) is 14.9. The number of rotatable bonds is 2. The van der Waals surface area contributed by atoms with Crippen molar-refractivity contribution in [2.75, 3.05) is 0 Å². The summed E-state index contributed by atoms with van der Waals surface area (Å²) >= 11 is 12.6. The SMILES string of the molecule is NC1c2ccccc2CCCC1Cc1c(Cl)cccc1Cl. The molecule has 0 saturated heterocycles. The fraction of sp³-hybridized carbons (Fsp3) is 0.333. The maximum atomic E-state index is 6.55. The van der Waals surface area contributed by atoms with Crippen LogP contribution >= 0.6 is 23.2 Å². The molecule has 3 rings (SSSR count). The third kappa shape index (κ3) is 3.11. The van der Waals surface area contributed by atoms with Gasteiger partial charge in [0.25, 0.3) is 0 Å². The lowest BCUT2D eigenvalue weighted by Gasteiger charge is -2.24. The van der Waals surface area contributed by atoms with Gasteiger partial charge in [-0.25, -0.2) is 0 Å². The van der Waals surface area contributed by atoms with E-state index in [2.05, 4.69) is 24.3 Å². The molecule has 0 radical (unpaired) electrons. The van der Waals surface area contributed by atoms with Gasteiger partial charge in [0, 0.05) is 16.1 Å². The Kier molecular flexibility index (Phi) is 4.54. The average molecular weight is 320 g/mol. The van der Waals surface area contributed by atoms with Gasteiger partial charge >= 0.3 is 0 Å². The number of hydrogen-bond acceptors (Lipinski definition) is 1. The normalized spacial score (nSPS) is 21.7. The number of halogens is 2. The second kappa shape index (κ2) is 6.39.